The lowest BCUT2D eigenvalue weighted by Gasteiger charge is -2.15. The van der Waals surface area contributed by atoms with Crippen molar-refractivity contribution < 1.29 is 18.3 Å². The first-order valence-electron chi connectivity index (χ1n) is 9.86. The van der Waals surface area contributed by atoms with Crippen molar-refractivity contribution >= 4 is 10.8 Å². The Morgan fingerprint density at radius 1 is 0.857 bits per heavy atom. The number of hydrogen-bond donors (Lipinski definition) is 0. The van der Waals surface area contributed by atoms with Gasteiger partial charge in [0.2, 0.25) is 0 Å². The number of rotatable bonds is 9. The summed E-state index contributed by atoms with van der Waals surface area (Å²) in [7, 11) is 0. The predicted molar refractivity (Wildman–Crippen MR) is 110 cm³/mol. The highest BCUT2D eigenvalue weighted by atomic mass is 19.3. The summed E-state index contributed by atoms with van der Waals surface area (Å²) in [6, 6.07) is 17.6. The van der Waals surface area contributed by atoms with Crippen molar-refractivity contribution in [3.8, 4) is 22.6 Å². The molecule has 0 spiro atoms. The van der Waals surface area contributed by atoms with Crippen LogP contribution in [0.1, 0.15) is 38.7 Å². The highest BCUT2D eigenvalue weighted by Crippen LogP contribution is 2.35. The summed E-state index contributed by atoms with van der Waals surface area (Å²) in [5.41, 5.74) is 2.92. The summed E-state index contributed by atoms with van der Waals surface area (Å²) in [5, 5.41) is 1.62. The van der Waals surface area contributed by atoms with Crippen LogP contribution in [0.25, 0.3) is 21.9 Å². The van der Waals surface area contributed by atoms with Gasteiger partial charge < -0.3 is 9.47 Å². The van der Waals surface area contributed by atoms with Gasteiger partial charge >= 0.3 is 6.61 Å². The molecule has 0 saturated heterocycles. The Kier molecular flexibility index (Phi) is 6.85. The second-order valence-corrected chi connectivity index (χ2v) is 6.78. The summed E-state index contributed by atoms with van der Waals surface area (Å²) >= 11 is 0. The van der Waals surface area contributed by atoms with Crippen molar-refractivity contribution in [2.24, 2.45) is 0 Å². The van der Waals surface area contributed by atoms with Gasteiger partial charge in [0.05, 0.1) is 6.61 Å². The largest absolute Gasteiger partial charge is 0.494 e. The molecule has 0 aliphatic heterocycles. The average Bonchev–Trinajstić information content (AvgIpc) is 2.70. The van der Waals surface area contributed by atoms with E-state index in [0.29, 0.717) is 12.4 Å². The van der Waals surface area contributed by atoms with Crippen LogP contribution in [0.2, 0.25) is 0 Å². The van der Waals surface area contributed by atoms with Crippen LogP contribution < -0.4 is 9.47 Å². The van der Waals surface area contributed by atoms with Gasteiger partial charge in [0.25, 0.3) is 0 Å². The molecule has 4 heteroatoms. The maximum Gasteiger partial charge on any atom is 0.387 e. The van der Waals surface area contributed by atoms with Crippen molar-refractivity contribution in [3.05, 3.63) is 60.2 Å². The van der Waals surface area contributed by atoms with Crippen molar-refractivity contribution in [3.63, 3.8) is 0 Å². The average molecular weight is 384 g/mol. The van der Waals surface area contributed by atoms with Gasteiger partial charge in [-0.15, -0.1) is 0 Å². The Bertz CT molecular complexity index is 904. The van der Waals surface area contributed by atoms with E-state index >= 15 is 0 Å². The first kappa shape index (κ1) is 20.1. The van der Waals surface area contributed by atoms with Gasteiger partial charge in [-0.2, -0.15) is 8.78 Å². The summed E-state index contributed by atoms with van der Waals surface area (Å²) in [4.78, 5) is 0. The monoisotopic (exact) mass is 384 g/mol. The first-order chi connectivity index (χ1) is 13.6. The fourth-order valence-electron chi connectivity index (χ4n) is 3.43. The first-order valence-corrected chi connectivity index (χ1v) is 9.86. The van der Waals surface area contributed by atoms with Gasteiger partial charge in [0.15, 0.2) is 0 Å². The highest BCUT2D eigenvalue weighted by Gasteiger charge is 2.14. The van der Waals surface area contributed by atoms with E-state index < -0.39 is 6.61 Å². The zero-order chi connectivity index (χ0) is 19.9. The SMILES string of the molecule is CCCCCc1ccc2cc(-c3ccc(OCC)cc3)ccc2c1OC(F)F. The maximum atomic E-state index is 13.0. The number of alkyl halides is 2. The van der Waals surface area contributed by atoms with E-state index in [4.69, 9.17) is 9.47 Å². The molecule has 0 aromatic heterocycles. The van der Waals surface area contributed by atoms with E-state index in [1.165, 1.54) is 0 Å². The van der Waals surface area contributed by atoms with E-state index in [1.807, 2.05) is 61.5 Å². The summed E-state index contributed by atoms with van der Waals surface area (Å²) in [6.45, 7) is 1.87. The molecule has 0 N–H and O–H groups in total. The fraction of sp³-hybridized carbons (Fsp3) is 0.333. The quantitative estimate of drug-likeness (QED) is 0.362. The lowest BCUT2D eigenvalue weighted by atomic mass is 9.97. The molecule has 0 amide bonds. The summed E-state index contributed by atoms with van der Waals surface area (Å²) < 4.78 is 36.5. The third kappa shape index (κ3) is 4.80. The lowest BCUT2D eigenvalue weighted by Crippen LogP contribution is -2.05. The second kappa shape index (κ2) is 9.54. The second-order valence-electron chi connectivity index (χ2n) is 6.78. The van der Waals surface area contributed by atoms with Crippen molar-refractivity contribution in [1.29, 1.82) is 0 Å². The molecule has 0 aliphatic carbocycles. The van der Waals surface area contributed by atoms with Gasteiger partial charge in [0, 0.05) is 5.39 Å². The normalized spacial score (nSPS) is 11.2. The van der Waals surface area contributed by atoms with E-state index in [1.54, 1.807) is 0 Å². The molecular weight excluding hydrogens is 358 g/mol. The van der Waals surface area contributed by atoms with Crippen molar-refractivity contribution in [1.82, 2.24) is 0 Å². The van der Waals surface area contributed by atoms with Crippen LogP contribution in [0, 0.1) is 0 Å². The van der Waals surface area contributed by atoms with Crippen LogP contribution in [-0.2, 0) is 6.42 Å². The smallest absolute Gasteiger partial charge is 0.387 e. The van der Waals surface area contributed by atoms with Crippen LogP contribution in [0.15, 0.2) is 54.6 Å². The van der Waals surface area contributed by atoms with Crippen LogP contribution in [-0.4, -0.2) is 13.2 Å². The van der Waals surface area contributed by atoms with Crippen molar-refractivity contribution in [2.75, 3.05) is 6.61 Å². The maximum absolute atomic E-state index is 13.0. The Morgan fingerprint density at radius 3 is 2.29 bits per heavy atom. The topological polar surface area (TPSA) is 18.5 Å². The Morgan fingerprint density at radius 2 is 1.61 bits per heavy atom. The zero-order valence-corrected chi connectivity index (χ0v) is 16.4. The molecule has 0 atom stereocenters. The lowest BCUT2D eigenvalue weighted by molar-refractivity contribution is -0.0493. The minimum atomic E-state index is -2.83. The number of hydrogen-bond acceptors (Lipinski definition) is 2. The Hall–Kier alpha value is -2.62. The molecule has 2 nitrogen and oxygen atoms in total. The van der Waals surface area contributed by atoms with Gasteiger partial charge in [0.1, 0.15) is 11.5 Å². The number of benzene rings is 3. The molecule has 3 rings (SSSR count). The number of ether oxygens (including phenoxy) is 2. The molecular formula is C24H26F2O2. The molecule has 3 aromatic rings. The number of fused-ring (bicyclic) bond motifs is 1. The molecule has 0 saturated carbocycles. The Labute approximate surface area is 165 Å². The van der Waals surface area contributed by atoms with E-state index in [-0.39, 0.29) is 0 Å². The number of unbranched alkanes of at least 4 members (excludes halogenated alkanes) is 2. The molecule has 0 aliphatic rings. The third-order valence-corrected chi connectivity index (χ3v) is 4.81. The summed E-state index contributed by atoms with van der Waals surface area (Å²) in [5.74, 6) is 1.14. The highest BCUT2D eigenvalue weighted by molar-refractivity contribution is 5.93. The molecule has 0 bridgehead atoms. The summed E-state index contributed by atoms with van der Waals surface area (Å²) in [6.07, 6.45) is 3.87. The Balaban J connectivity index is 1.96. The van der Waals surface area contributed by atoms with Gasteiger partial charge in [-0.25, -0.2) is 0 Å². The van der Waals surface area contributed by atoms with E-state index in [2.05, 4.69) is 6.92 Å². The van der Waals surface area contributed by atoms with E-state index in [9.17, 15) is 8.78 Å². The molecule has 28 heavy (non-hydrogen) atoms. The molecule has 148 valence electrons. The minimum absolute atomic E-state index is 0.307. The van der Waals surface area contributed by atoms with Gasteiger partial charge in [-0.3, -0.25) is 0 Å². The van der Waals surface area contributed by atoms with Crippen LogP contribution in [0.4, 0.5) is 8.78 Å². The third-order valence-electron chi connectivity index (χ3n) is 4.81. The predicted octanol–water partition coefficient (Wildman–Crippen LogP) is 7.24. The minimum Gasteiger partial charge on any atom is -0.494 e. The van der Waals surface area contributed by atoms with Crippen LogP contribution in [0.5, 0.6) is 11.5 Å². The van der Waals surface area contributed by atoms with Crippen LogP contribution in [0.3, 0.4) is 0 Å². The van der Waals surface area contributed by atoms with Gasteiger partial charge in [-0.1, -0.05) is 56.2 Å². The zero-order valence-electron chi connectivity index (χ0n) is 16.4. The molecule has 0 radical (unpaired) electrons. The fourth-order valence-corrected chi connectivity index (χ4v) is 3.43. The van der Waals surface area contributed by atoms with Gasteiger partial charge in [-0.05, 0) is 60.0 Å². The molecule has 0 heterocycles. The van der Waals surface area contributed by atoms with Crippen LogP contribution >= 0.6 is 0 Å². The molecule has 3 aromatic carbocycles. The number of aryl methyl sites for hydroxylation is 1. The standard InChI is InChI=1S/C24H26F2O2/c1-3-5-6-7-18-8-9-20-16-19(12-15-22(20)23(18)28-24(25)26)17-10-13-21(14-11-17)27-4-2/h8-16,24H,3-7H2,1-2H3. The number of halogens is 2. The molecule has 0 fully saturated rings. The van der Waals surface area contributed by atoms with E-state index in [0.717, 1.165) is 58.9 Å². The van der Waals surface area contributed by atoms with Crippen molar-refractivity contribution in [2.45, 2.75) is 46.1 Å². The molecule has 0 unspecified atom stereocenters.